The highest BCUT2D eigenvalue weighted by molar-refractivity contribution is 5.84. The van der Waals surface area contributed by atoms with E-state index in [1.165, 1.54) is 12.1 Å². The lowest BCUT2D eigenvalue weighted by Gasteiger charge is -2.19. The van der Waals surface area contributed by atoms with Gasteiger partial charge in [0, 0.05) is 5.56 Å². The first-order valence-corrected chi connectivity index (χ1v) is 8.93. The van der Waals surface area contributed by atoms with Crippen molar-refractivity contribution in [2.24, 2.45) is 5.92 Å². The van der Waals surface area contributed by atoms with Crippen LogP contribution >= 0.6 is 0 Å². The third kappa shape index (κ3) is 5.04. The fourth-order valence-electron chi connectivity index (χ4n) is 3.08. The molecule has 0 amide bonds. The monoisotopic (exact) mass is 408 g/mol. The van der Waals surface area contributed by atoms with E-state index < -0.39 is 24.7 Å². The van der Waals surface area contributed by atoms with E-state index in [2.05, 4.69) is 14.9 Å². The fraction of sp³-hybridized carbons (Fsp3) is 0.350. The molecule has 0 saturated heterocycles. The number of hydrogen-bond donors (Lipinski definition) is 1. The smallest absolute Gasteiger partial charge is 0.422 e. The molecule has 0 radical (unpaired) electrons. The van der Waals surface area contributed by atoms with Crippen molar-refractivity contribution < 1.29 is 32.4 Å². The van der Waals surface area contributed by atoms with E-state index in [1.54, 1.807) is 24.3 Å². The van der Waals surface area contributed by atoms with Crippen molar-refractivity contribution in [3.63, 3.8) is 0 Å². The summed E-state index contributed by atoms with van der Waals surface area (Å²) < 4.78 is 47.6. The normalized spacial score (nSPS) is 13.0. The molecule has 1 heterocycles. The van der Waals surface area contributed by atoms with E-state index in [9.17, 15) is 23.1 Å². The summed E-state index contributed by atoms with van der Waals surface area (Å²) in [5.41, 5.74) is 2.25. The average Bonchev–Trinajstić information content (AvgIpc) is 3.11. The first-order valence-electron chi connectivity index (χ1n) is 8.93. The SMILES string of the molecule is CC(C)CC(C(=O)O)c1ccc(OCC(F)(F)F)c(-c2ccc3nonc3c2)c1. The number of rotatable bonds is 7. The molecule has 1 N–H and O–H groups in total. The number of halogens is 3. The number of ether oxygens (including phenoxy) is 1. The summed E-state index contributed by atoms with van der Waals surface area (Å²) in [6.07, 6.45) is -4.11. The molecule has 0 fully saturated rings. The Balaban J connectivity index is 2.08. The van der Waals surface area contributed by atoms with E-state index >= 15 is 0 Å². The van der Waals surface area contributed by atoms with Gasteiger partial charge in [-0.15, -0.1) is 0 Å². The van der Waals surface area contributed by atoms with Crippen LogP contribution in [0.4, 0.5) is 13.2 Å². The molecular weight excluding hydrogens is 389 g/mol. The number of benzene rings is 2. The minimum atomic E-state index is -4.50. The van der Waals surface area contributed by atoms with Gasteiger partial charge < -0.3 is 9.84 Å². The molecule has 0 aliphatic carbocycles. The zero-order valence-electron chi connectivity index (χ0n) is 15.7. The highest BCUT2D eigenvalue weighted by atomic mass is 19.4. The van der Waals surface area contributed by atoms with Crippen molar-refractivity contribution in [1.29, 1.82) is 0 Å². The summed E-state index contributed by atoms with van der Waals surface area (Å²) >= 11 is 0. The zero-order chi connectivity index (χ0) is 21.2. The molecule has 0 spiro atoms. The number of nitrogens with zero attached hydrogens (tertiary/aromatic N) is 2. The van der Waals surface area contributed by atoms with E-state index in [0.717, 1.165) is 0 Å². The minimum Gasteiger partial charge on any atom is -0.483 e. The topological polar surface area (TPSA) is 85.5 Å². The first kappa shape index (κ1) is 20.6. The van der Waals surface area contributed by atoms with E-state index in [1.807, 2.05) is 13.8 Å². The van der Waals surface area contributed by atoms with Gasteiger partial charge in [-0.2, -0.15) is 13.2 Å². The van der Waals surface area contributed by atoms with Crippen LogP contribution in [0.15, 0.2) is 41.0 Å². The Bertz CT molecular complexity index is 1010. The summed E-state index contributed by atoms with van der Waals surface area (Å²) in [6, 6.07) is 9.28. The molecule has 1 atom stereocenters. The molecule has 1 aromatic heterocycles. The number of aromatic nitrogens is 2. The Labute approximate surface area is 164 Å². The van der Waals surface area contributed by atoms with Gasteiger partial charge in [-0.3, -0.25) is 4.79 Å². The van der Waals surface area contributed by atoms with Crippen LogP contribution in [0, 0.1) is 5.92 Å². The van der Waals surface area contributed by atoms with Gasteiger partial charge in [-0.25, -0.2) is 4.63 Å². The lowest BCUT2D eigenvalue weighted by molar-refractivity contribution is -0.153. The van der Waals surface area contributed by atoms with Gasteiger partial charge in [0.1, 0.15) is 16.8 Å². The largest absolute Gasteiger partial charge is 0.483 e. The summed E-state index contributed by atoms with van der Waals surface area (Å²) in [6.45, 7) is 2.35. The van der Waals surface area contributed by atoms with Gasteiger partial charge in [-0.1, -0.05) is 26.0 Å². The summed E-state index contributed by atoms with van der Waals surface area (Å²) in [4.78, 5) is 11.8. The molecule has 3 rings (SSSR count). The lowest BCUT2D eigenvalue weighted by Crippen LogP contribution is -2.19. The van der Waals surface area contributed by atoms with E-state index in [4.69, 9.17) is 4.74 Å². The van der Waals surface area contributed by atoms with Gasteiger partial charge >= 0.3 is 12.1 Å². The van der Waals surface area contributed by atoms with Gasteiger partial charge in [-0.05, 0) is 58.0 Å². The van der Waals surface area contributed by atoms with Crippen molar-refractivity contribution in [3.05, 3.63) is 42.0 Å². The van der Waals surface area contributed by atoms with Crippen LogP contribution in [-0.2, 0) is 4.79 Å². The minimum absolute atomic E-state index is 0.00411. The third-order valence-corrected chi connectivity index (χ3v) is 4.37. The molecular formula is C20H19F3N2O4. The predicted molar refractivity (Wildman–Crippen MR) is 98.6 cm³/mol. The standard InChI is InChI=1S/C20H19F3N2O4/c1-11(2)7-15(19(26)27)12-4-6-18(28-10-20(21,22)23)14(8-12)13-3-5-16-17(9-13)25-29-24-16/h3-6,8-9,11,15H,7,10H2,1-2H3,(H,26,27). The van der Waals surface area contributed by atoms with Crippen LogP contribution in [0.25, 0.3) is 22.2 Å². The third-order valence-electron chi connectivity index (χ3n) is 4.37. The molecule has 154 valence electrons. The highest BCUT2D eigenvalue weighted by Gasteiger charge is 2.29. The molecule has 29 heavy (non-hydrogen) atoms. The Kier molecular flexibility index (Phi) is 5.76. The van der Waals surface area contributed by atoms with Crippen LogP contribution in [-0.4, -0.2) is 34.2 Å². The number of carboxylic acids is 1. The van der Waals surface area contributed by atoms with Crippen molar-refractivity contribution in [3.8, 4) is 16.9 Å². The molecule has 1 unspecified atom stereocenters. The first-order chi connectivity index (χ1) is 13.6. The zero-order valence-corrected chi connectivity index (χ0v) is 15.7. The quantitative estimate of drug-likeness (QED) is 0.589. The second kappa shape index (κ2) is 8.10. The maximum atomic E-state index is 12.7. The summed E-state index contributed by atoms with van der Waals surface area (Å²) in [5.74, 6) is -1.67. The van der Waals surface area contributed by atoms with Crippen LogP contribution < -0.4 is 4.74 Å². The molecule has 0 bridgehead atoms. The molecule has 6 nitrogen and oxygen atoms in total. The van der Waals surface area contributed by atoms with Crippen LogP contribution in [0.3, 0.4) is 0 Å². The van der Waals surface area contributed by atoms with E-state index in [0.29, 0.717) is 34.1 Å². The molecule has 3 aromatic rings. The Morgan fingerprint density at radius 2 is 1.86 bits per heavy atom. The predicted octanol–water partition coefficient (Wildman–Crippen LogP) is 5.05. The molecule has 0 saturated carbocycles. The van der Waals surface area contributed by atoms with Gasteiger partial charge in [0.15, 0.2) is 6.61 Å². The lowest BCUT2D eigenvalue weighted by atomic mass is 9.88. The average molecular weight is 408 g/mol. The number of hydrogen-bond acceptors (Lipinski definition) is 5. The maximum Gasteiger partial charge on any atom is 0.422 e. The Morgan fingerprint density at radius 1 is 1.14 bits per heavy atom. The van der Waals surface area contributed by atoms with Crippen LogP contribution in [0.5, 0.6) is 5.75 Å². The second-order valence-corrected chi connectivity index (χ2v) is 7.15. The molecule has 9 heteroatoms. The Morgan fingerprint density at radius 3 is 2.52 bits per heavy atom. The van der Waals surface area contributed by atoms with Crippen molar-refractivity contribution in [1.82, 2.24) is 10.3 Å². The number of alkyl halides is 3. The van der Waals surface area contributed by atoms with E-state index in [-0.39, 0.29) is 11.7 Å². The molecule has 0 aliphatic heterocycles. The van der Waals surface area contributed by atoms with Crippen molar-refractivity contribution in [2.75, 3.05) is 6.61 Å². The van der Waals surface area contributed by atoms with Crippen molar-refractivity contribution in [2.45, 2.75) is 32.4 Å². The highest BCUT2D eigenvalue weighted by Crippen LogP contribution is 2.36. The summed E-state index contributed by atoms with van der Waals surface area (Å²) in [7, 11) is 0. The fourth-order valence-corrected chi connectivity index (χ4v) is 3.08. The molecule has 0 aliphatic rings. The number of fused-ring (bicyclic) bond motifs is 1. The van der Waals surface area contributed by atoms with Crippen molar-refractivity contribution >= 4 is 17.0 Å². The number of aliphatic carboxylic acids is 1. The summed E-state index contributed by atoms with van der Waals surface area (Å²) in [5, 5.41) is 17.1. The number of carboxylic acid groups (broad SMARTS) is 1. The van der Waals surface area contributed by atoms with Gasteiger partial charge in [0.25, 0.3) is 0 Å². The van der Waals surface area contributed by atoms with Crippen LogP contribution in [0.2, 0.25) is 0 Å². The van der Waals surface area contributed by atoms with Gasteiger partial charge in [0.05, 0.1) is 5.92 Å². The van der Waals surface area contributed by atoms with Crippen LogP contribution in [0.1, 0.15) is 31.7 Å². The Hall–Kier alpha value is -3.10. The molecule has 2 aromatic carbocycles. The van der Waals surface area contributed by atoms with Gasteiger partial charge in [0.2, 0.25) is 0 Å². The number of carbonyl (C=O) groups is 1. The second-order valence-electron chi connectivity index (χ2n) is 7.15. The maximum absolute atomic E-state index is 12.7.